The number of halogens is 2. The molecule has 0 aliphatic rings. The van der Waals surface area contributed by atoms with Gasteiger partial charge in [0.1, 0.15) is 23.7 Å². The number of ether oxygens (including phenoxy) is 1. The van der Waals surface area contributed by atoms with E-state index in [1.807, 2.05) is 0 Å². The SMILES string of the molecule is COC(=O)[C@H](Cc1ccc(F)cc1)NC(=O)[C@H](Cc1cccc(F)c1)NC(C)=O. The zero-order valence-electron chi connectivity index (χ0n) is 16.1. The highest BCUT2D eigenvalue weighted by molar-refractivity contribution is 5.90. The van der Waals surface area contributed by atoms with Gasteiger partial charge in [0.2, 0.25) is 11.8 Å². The van der Waals surface area contributed by atoms with Crippen LogP contribution in [0.4, 0.5) is 8.78 Å². The molecule has 0 saturated carbocycles. The Morgan fingerprint density at radius 3 is 2.14 bits per heavy atom. The van der Waals surface area contributed by atoms with E-state index in [0.29, 0.717) is 11.1 Å². The summed E-state index contributed by atoms with van der Waals surface area (Å²) in [5.74, 6) is -2.65. The van der Waals surface area contributed by atoms with E-state index in [1.54, 1.807) is 6.07 Å². The van der Waals surface area contributed by atoms with Gasteiger partial charge in [-0.3, -0.25) is 9.59 Å². The minimum absolute atomic E-state index is 0.0353. The smallest absolute Gasteiger partial charge is 0.328 e. The predicted octanol–water partition coefficient (Wildman–Crippen LogP) is 1.91. The highest BCUT2D eigenvalue weighted by Crippen LogP contribution is 2.10. The van der Waals surface area contributed by atoms with Crippen LogP contribution in [0.2, 0.25) is 0 Å². The van der Waals surface area contributed by atoms with Crippen LogP contribution in [-0.2, 0) is 32.0 Å². The molecule has 0 radical (unpaired) electrons. The second kappa shape index (κ2) is 10.3. The normalized spacial score (nSPS) is 12.6. The molecule has 2 aromatic carbocycles. The Balaban J connectivity index is 2.16. The molecule has 0 fully saturated rings. The van der Waals surface area contributed by atoms with E-state index in [1.165, 1.54) is 56.5 Å². The van der Waals surface area contributed by atoms with Crippen molar-refractivity contribution in [1.29, 1.82) is 0 Å². The Bertz CT molecular complexity index is 871. The number of benzene rings is 2. The number of nitrogens with one attached hydrogen (secondary N) is 2. The second-order valence-electron chi connectivity index (χ2n) is 6.50. The molecule has 2 amide bonds. The Hall–Kier alpha value is -3.29. The minimum Gasteiger partial charge on any atom is -0.467 e. The fraction of sp³-hybridized carbons (Fsp3) is 0.286. The molecule has 0 saturated heterocycles. The molecule has 0 aliphatic carbocycles. The fourth-order valence-corrected chi connectivity index (χ4v) is 2.82. The van der Waals surface area contributed by atoms with Crippen LogP contribution in [-0.4, -0.2) is 37.0 Å². The first-order valence-corrected chi connectivity index (χ1v) is 8.92. The number of hydrogen-bond acceptors (Lipinski definition) is 4. The van der Waals surface area contributed by atoms with Gasteiger partial charge in [-0.25, -0.2) is 13.6 Å². The Kier molecular flexibility index (Phi) is 7.82. The van der Waals surface area contributed by atoms with Crippen LogP contribution in [0.5, 0.6) is 0 Å². The summed E-state index contributed by atoms with van der Waals surface area (Å²) in [5.41, 5.74) is 1.12. The first-order chi connectivity index (χ1) is 13.8. The molecule has 0 aromatic heterocycles. The summed E-state index contributed by atoms with van der Waals surface area (Å²) in [6.07, 6.45) is 0.110. The van der Waals surface area contributed by atoms with Gasteiger partial charge < -0.3 is 15.4 Å². The molecule has 29 heavy (non-hydrogen) atoms. The maximum absolute atomic E-state index is 13.4. The lowest BCUT2D eigenvalue weighted by atomic mass is 10.0. The molecule has 6 nitrogen and oxygen atoms in total. The Morgan fingerprint density at radius 2 is 1.55 bits per heavy atom. The summed E-state index contributed by atoms with van der Waals surface area (Å²) in [7, 11) is 1.18. The van der Waals surface area contributed by atoms with Crippen LogP contribution in [0.15, 0.2) is 48.5 Å². The zero-order chi connectivity index (χ0) is 21.4. The van der Waals surface area contributed by atoms with E-state index in [0.717, 1.165) is 0 Å². The number of hydrogen-bond donors (Lipinski definition) is 2. The van der Waals surface area contributed by atoms with Crippen molar-refractivity contribution >= 4 is 17.8 Å². The van der Waals surface area contributed by atoms with E-state index in [-0.39, 0.29) is 12.8 Å². The number of amides is 2. The van der Waals surface area contributed by atoms with Crippen molar-refractivity contribution < 1.29 is 27.9 Å². The minimum atomic E-state index is -1.04. The lowest BCUT2D eigenvalue weighted by molar-refractivity contribution is -0.145. The largest absolute Gasteiger partial charge is 0.467 e. The molecule has 0 unspecified atom stereocenters. The summed E-state index contributed by atoms with van der Waals surface area (Å²) in [5, 5.41) is 5.06. The zero-order valence-corrected chi connectivity index (χ0v) is 16.1. The van der Waals surface area contributed by atoms with Crippen LogP contribution < -0.4 is 10.6 Å². The molecule has 0 aliphatic heterocycles. The summed E-state index contributed by atoms with van der Waals surface area (Å²) < 4.78 is 31.3. The first-order valence-electron chi connectivity index (χ1n) is 8.92. The van der Waals surface area contributed by atoms with E-state index in [2.05, 4.69) is 10.6 Å². The lowest BCUT2D eigenvalue weighted by Crippen LogP contribution is -2.53. The molecule has 2 rings (SSSR count). The predicted molar refractivity (Wildman–Crippen MR) is 102 cm³/mol. The van der Waals surface area contributed by atoms with Gasteiger partial charge in [0.15, 0.2) is 0 Å². The van der Waals surface area contributed by atoms with Crippen molar-refractivity contribution in [2.24, 2.45) is 0 Å². The van der Waals surface area contributed by atoms with Crippen LogP contribution >= 0.6 is 0 Å². The number of carbonyl (C=O) groups excluding carboxylic acids is 3. The third kappa shape index (κ3) is 6.99. The molecular weight excluding hydrogens is 382 g/mol. The summed E-state index contributed by atoms with van der Waals surface area (Å²) >= 11 is 0. The van der Waals surface area contributed by atoms with Gasteiger partial charge in [-0.05, 0) is 35.4 Å². The second-order valence-corrected chi connectivity index (χ2v) is 6.50. The van der Waals surface area contributed by atoms with Crippen LogP contribution in [0, 0.1) is 11.6 Å². The number of methoxy groups -OCH3 is 1. The summed E-state index contributed by atoms with van der Waals surface area (Å²) in [4.78, 5) is 36.4. The maximum Gasteiger partial charge on any atom is 0.328 e. The standard InChI is InChI=1S/C21H22F2N2O4/c1-13(26)24-18(12-15-4-3-5-17(23)10-15)20(27)25-19(21(28)29-2)11-14-6-8-16(22)9-7-14/h3-10,18-19H,11-12H2,1-2H3,(H,24,26)(H,25,27)/t18-,19-/m0/s1. The molecule has 2 N–H and O–H groups in total. The molecule has 8 heteroatoms. The van der Waals surface area contributed by atoms with Gasteiger partial charge in [0.05, 0.1) is 7.11 Å². The Morgan fingerprint density at radius 1 is 0.897 bits per heavy atom. The fourth-order valence-electron chi connectivity index (χ4n) is 2.82. The average Bonchev–Trinajstić information content (AvgIpc) is 2.67. The van der Waals surface area contributed by atoms with E-state index in [9.17, 15) is 23.2 Å². The topological polar surface area (TPSA) is 84.5 Å². The monoisotopic (exact) mass is 404 g/mol. The van der Waals surface area contributed by atoms with Crippen molar-refractivity contribution in [3.63, 3.8) is 0 Å². The maximum atomic E-state index is 13.4. The van der Waals surface area contributed by atoms with Gasteiger partial charge in [0.25, 0.3) is 0 Å². The van der Waals surface area contributed by atoms with E-state index >= 15 is 0 Å². The third-order valence-electron chi connectivity index (χ3n) is 4.18. The van der Waals surface area contributed by atoms with Gasteiger partial charge in [0, 0.05) is 19.8 Å². The Labute approximate surface area is 167 Å². The lowest BCUT2D eigenvalue weighted by Gasteiger charge is -2.22. The molecule has 0 bridgehead atoms. The highest BCUT2D eigenvalue weighted by atomic mass is 19.1. The van der Waals surface area contributed by atoms with E-state index < -0.39 is 41.5 Å². The van der Waals surface area contributed by atoms with Gasteiger partial charge in [-0.2, -0.15) is 0 Å². The van der Waals surface area contributed by atoms with Gasteiger partial charge in [-0.15, -0.1) is 0 Å². The quantitative estimate of drug-likeness (QED) is 0.659. The summed E-state index contributed by atoms with van der Waals surface area (Å²) in [6.45, 7) is 1.25. The molecule has 2 aromatic rings. The van der Waals surface area contributed by atoms with Gasteiger partial charge in [-0.1, -0.05) is 24.3 Å². The molecular formula is C21H22F2N2O4. The van der Waals surface area contributed by atoms with Crippen molar-refractivity contribution in [3.8, 4) is 0 Å². The number of esters is 1. The van der Waals surface area contributed by atoms with Crippen molar-refractivity contribution in [1.82, 2.24) is 10.6 Å². The van der Waals surface area contributed by atoms with Gasteiger partial charge >= 0.3 is 5.97 Å². The van der Waals surface area contributed by atoms with Crippen LogP contribution in [0.1, 0.15) is 18.1 Å². The number of carbonyl (C=O) groups is 3. The average molecular weight is 404 g/mol. The molecule has 2 atom stereocenters. The summed E-state index contributed by atoms with van der Waals surface area (Å²) in [6, 6.07) is 9.08. The van der Waals surface area contributed by atoms with Crippen LogP contribution in [0.25, 0.3) is 0 Å². The van der Waals surface area contributed by atoms with Crippen LogP contribution in [0.3, 0.4) is 0 Å². The third-order valence-corrected chi connectivity index (χ3v) is 4.18. The first kappa shape index (κ1) is 22.0. The van der Waals surface area contributed by atoms with Crippen molar-refractivity contribution in [2.45, 2.75) is 31.8 Å². The molecule has 0 heterocycles. The molecule has 0 spiro atoms. The number of rotatable bonds is 8. The highest BCUT2D eigenvalue weighted by Gasteiger charge is 2.27. The molecule has 154 valence electrons. The van der Waals surface area contributed by atoms with Crippen molar-refractivity contribution in [3.05, 3.63) is 71.3 Å². The van der Waals surface area contributed by atoms with E-state index in [4.69, 9.17) is 4.74 Å². The van der Waals surface area contributed by atoms with Crippen molar-refractivity contribution in [2.75, 3.05) is 7.11 Å².